The molecule has 0 bridgehead atoms. The van der Waals surface area contributed by atoms with Gasteiger partial charge in [-0.05, 0) is 37.0 Å². The normalized spacial score (nSPS) is 16.7. The van der Waals surface area contributed by atoms with Crippen LogP contribution in [0.25, 0.3) is 0 Å². The van der Waals surface area contributed by atoms with Gasteiger partial charge in [-0.1, -0.05) is 34.6 Å². The Morgan fingerprint density at radius 3 is 2.15 bits per heavy atom. The van der Waals surface area contributed by atoms with Crippen LogP contribution < -0.4 is 0 Å². The van der Waals surface area contributed by atoms with Gasteiger partial charge in [0.05, 0.1) is 25.1 Å². The van der Waals surface area contributed by atoms with Crippen LogP contribution in [0.5, 0.6) is 0 Å². The molecule has 0 aliphatic rings. The van der Waals surface area contributed by atoms with Crippen molar-refractivity contribution in [1.82, 2.24) is 0 Å². The number of rotatable bonds is 8. The highest BCUT2D eigenvalue weighted by atomic mass is 28.4. The van der Waals surface area contributed by atoms with E-state index in [4.69, 9.17) is 9.16 Å². The first-order valence-corrected chi connectivity index (χ1v) is 10.6. The minimum Gasteiger partial charge on any atom is -0.502 e. The lowest BCUT2D eigenvalue weighted by Crippen LogP contribution is -2.45. The van der Waals surface area contributed by atoms with Crippen LogP contribution in [0, 0.1) is 5.92 Å². The average molecular weight is 303 g/mol. The van der Waals surface area contributed by atoms with Gasteiger partial charge in [0.25, 0.3) is 0 Å². The molecule has 0 aliphatic carbocycles. The van der Waals surface area contributed by atoms with Gasteiger partial charge >= 0.3 is 0 Å². The van der Waals surface area contributed by atoms with Crippen LogP contribution in [-0.4, -0.2) is 32.2 Å². The molecule has 20 heavy (non-hydrogen) atoms. The van der Waals surface area contributed by atoms with E-state index in [-0.39, 0.29) is 11.1 Å². The van der Waals surface area contributed by atoms with Crippen LogP contribution in [0.4, 0.5) is 0 Å². The van der Waals surface area contributed by atoms with E-state index in [1.165, 1.54) is 0 Å². The monoisotopic (exact) mass is 302 g/mol. The number of hydrogen-bond donors (Lipinski definition) is 1. The highest BCUT2D eigenvalue weighted by molar-refractivity contribution is 6.74. The minimum atomic E-state index is -1.80. The van der Waals surface area contributed by atoms with Crippen molar-refractivity contribution in [2.45, 2.75) is 78.3 Å². The molecule has 2 atom stereocenters. The van der Waals surface area contributed by atoms with Crippen LogP contribution in [0.1, 0.15) is 48.0 Å². The van der Waals surface area contributed by atoms with Gasteiger partial charge in [-0.15, -0.1) is 0 Å². The Hall–Kier alpha value is -0.323. The van der Waals surface area contributed by atoms with E-state index < -0.39 is 14.4 Å². The molecule has 0 aromatic rings. The second-order valence-corrected chi connectivity index (χ2v) is 12.0. The maximum Gasteiger partial charge on any atom is 0.192 e. The van der Waals surface area contributed by atoms with Gasteiger partial charge in [0, 0.05) is 6.42 Å². The first-order chi connectivity index (χ1) is 9.01. The van der Waals surface area contributed by atoms with Gasteiger partial charge in [-0.25, -0.2) is 0 Å². The molecule has 3 nitrogen and oxygen atoms in total. The number of aliphatic hydroxyl groups is 1. The standard InChI is InChI=1S/C16H34O3Si/c1-9-18-11-10-14(17)12-15(13(2)3)19-20(7,8)16(4,5)6/h10-11,13-15,17H,9,12H2,1-8H3/b11-10+/t14-,15+/m1/s1. The average Bonchev–Trinajstić information content (AvgIpc) is 2.26. The van der Waals surface area contributed by atoms with Crippen LogP contribution in [0.15, 0.2) is 12.3 Å². The van der Waals surface area contributed by atoms with Crippen LogP contribution >= 0.6 is 0 Å². The Labute approximate surface area is 126 Å². The summed E-state index contributed by atoms with van der Waals surface area (Å²) in [5.74, 6) is 0.388. The van der Waals surface area contributed by atoms with E-state index in [1.807, 2.05) is 6.92 Å². The molecular formula is C16H34O3Si. The van der Waals surface area contributed by atoms with Gasteiger partial charge in [0.1, 0.15) is 0 Å². The van der Waals surface area contributed by atoms with Crippen molar-refractivity contribution >= 4 is 8.32 Å². The zero-order chi connectivity index (χ0) is 16.0. The first kappa shape index (κ1) is 19.7. The van der Waals surface area contributed by atoms with E-state index in [2.05, 4.69) is 47.7 Å². The smallest absolute Gasteiger partial charge is 0.192 e. The van der Waals surface area contributed by atoms with E-state index in [9.17, 15) is 5.11 Å². The summed E-state index contributed by atoms with van der Waals surface area (Å²) in [6, 6.07) is 0. The quantitative estimate of drug-likeness (QED) is 0.535. The molecule has 0 unspecified atom stereocenters. The van der Waals surface area contributed by atoms with E-state index in [0.29, 0.717) is 18.9 Å². The van der Waals surface area contributed by atoms with Gasteiger partial charge in [-0.3, -0.25) is 0 Å². The van der Waals surface area contributed by atoms with Crippen molar-refractivity contribution in [2.24, 2.45) is 5.92 Å². The van der Waals surface area contributed by atoms with Gasteiger partial charge in [0.15, 0.2) is 8.32 Å². The topological polar surface area (TPSA) is 38.7 Å². The molecular weight excluding hydrogens is 268 g/mol. The van der Waals surface area contributed by atoms with Gasteiger partial charge < -0.3 is 14.3 Å². The fraction of sp³-hybridized carbons (Fsp3) is 0.875. The summed E-state index contributed by atoms with van der Waals surface area (Å²) in [7, 11) is -1.80. The van der Waals surface area contributed by atoms with Crippen LogP contribution in [0.3, 0.4) is 0 Å². The molecule has 0 saturated carbocycles. The predicted octanol–water partition coefficient (Wildman–Crippen LogP) is 4.33. The molecule has 0 heterocycles. The number of aliphatic hydroxyl groups excluding tert-OH is 1. The second kappa shape index (κ2) is 8.20. The summed E-state index contributed by atoms with van der Waals surface area (Å²) < 4.78 is 11.6. The largest absolute Gasteiger partial charge is 0.502 e. The van der Waals surface area contributed by atoms with Crippen molar-refractivity contribution < 1.29 is 14.3 Å². The van der Waals surface area contributed by atoms with Crippen molar-refractivity contribution in [3.8, 4) is 0 Å². The third-order valence-electron chi connectivity index (χ3n) is 4.03. The third kappa shape index (κ3) is 6.91. The number of hydrogen-bond acceptors (Lipinski definition) is 3. The molecule has 0 saturated heterocycles. The van der Waals surface area contributed by atoms with Gasteiger partial charge in [0.2, 0.25) is 0 Å². The predicted molar refractivity (Wildman–Crippen MR) is 88.3 cm³/mol. The van der Waals surface area contributed by atoms with Crippen molar-refractivity contribution in [1.29, 1.82) is 0 Å². The Balaban J connectivity index is 4.67. The lowest BCUT2D eigenvalue weighted by Gasteiger charge is -2.40. The lowest BCUT2D eigenvalue weighted by molar-refractivity contribution is 0.0778. The molecule has 120 valence electrons. The molecule has 0 aromatic carbocycles. The summed E-state index contributed by atoms with van der Waals surface area (Å²) in [4.78, 5) is 0. The highest BCUT2D eigenvalue weighted by Crippen LogP contribution is 2.38. The lowest BCUT2D eigenvalue weighted by atomic mass is 10.0. The summed E-state index contributed by atoms with van der Waals surface area (Å²) in [5, 5.41) is 10.3. The van der Waals surface area contributed by atoms with Crippen LogP contribution in [-0.2, 0) is 9.16 Å². The fourth-order valence-corrected chi connectivity index (χ4v) is 3.05. The second-order valence-electron chi connectivity index (χ2n) is 7.25. The summed E-state index contributed by atoms with van der Waals surface area (Å²) in [6.45, 7) is 18.1. The first-order valence-electron chi connectivity index (χ1n) is 7.65. The zero-order valence-electron chi connectivity index (χ0n) is 14.6. The Morgan fingerprint density at radius 1 is 1.20 bits per heavy atom. The molecule has 1 N–H and O–H groups in total. The number of ether oxygens (including phenoxy) is 1. The Bertz CT molecular complexity index is 293. The highest BCUT2D eigenvalue weighted by Gasteiger charge is 2.39. The van der Waals surface area contributed by atoms with E-state index >= 15 is 0 Å². The summed E-state index contributed by atoms with van der Waals surface area (Å²) in [6.07, 6.45) is 3.46. The zero-order valence-corrected chi connectivity index (χ0v) is 15.6. The summed E-state index contributed by atoms with van der Waals surface area (Å²) >= 11 is 0. The molecule has 0 spiro atoms. The molecule has 0 aliphatic heterocycles. The molecule has 4 heteroatoms. The van der Waals surface area contributed by atoms with Crippen molar-refractivity contribution in [3.05, 3.63) is 12.3 Å². The van der Waals surface area contributed by atoms with E-state index in [0.717, 1.165) is 0 Å². The minimum absolute atomic E-state index is 0.0807. The maximum absolute atomic E-state index is 10.1. The molecule has 0 fully saturated rings. The molecule has 0 aromatic heterocycles. The van der Waals surface area contributed by atoms with Crippen molar-refractivity contribution in [3.63, 3.8) is 0 Å². The van der Waals surface area contributed by atoms with Crippen LogP contribution in [0.2, 0.25) is 18.1 Å². The van der Waals surface area contributed by atoms with Gasteiger partial charge in [-0.2, -0.15) is 0 Å². The maximum atomic E-state index is 10.1. The van der Waals surface area contributed by atoms with Crippen molar-refractivity contribution in [2.75, 3.05) is 6.61 Å². The van der Waals surface area contributed by atoms with E-state index in [1.54, 1.807) is 12.3 Å². The Kier molecular flexibility index (Phi) is 8.07. The third-order valence-corrected chi connectivity index (χ3v) is 8.54. The Morgan fingerprint density at radius 2 is 1.75 bits per heavy atom. The summed E-state index contributed by atoms with van der Waals surface area (Å²) in [5.41, 5.74) is 0. The molecule has 0 amide bonds. The molecule has 0 radical (unpaired) electrons. The fourth-order valence-electron chi connectivity index (χ4n) is 1.57. The SMILES string of the molecule is CCO/C=C/[C@@H](O)C[C@H](O[Si](C)(C)C(C)(C)C)C(C)C. The molecule has 0 rings (SSSR count).